The topological polar surface area (TPSA) is 30.5 Å². The van der Waals surface area contributed by atoms with Crippen LogP contribution in [0.1, 0.15) is 30.9 Å². The highest BCUT2D eigenvalue weighted by Gasteiger charge is 2.03. The number of unbranched alkanes of at least 4 members (excludes halogenated alkanes) is 1. The molecular weight excluding hydrogens is 286 g/mol. The molecule has 0 radical (unpaired) electrons. The minimum atomic E-state index is 0.619. The molecule has 0 atom stereocenters. The number of hydrogen-bond donors (Lipinski definition) is 1. The fourth-order valence-electron chi connectivity index (χ4n) is 2.27. The second-order valence-corrected chi connectivity index (χ2v) is 5.74. The lowest BCUT2D eigenvalue weighted by molar-refractivity contribution is 0.309. The molecule has 124 valence electrons. The van der Waals surface area contributed by atoms with Gasteiger partial charge in [0.15, 0.2) is 0 Å². The van der Waals surface area contributed by atoms with E-state index in [-0.39, 0.29) is 0 Å². The highest BCUT2D eigenvalue weighted by Crippen LogP contribution is 2.24. The van der Waals surface area contributed by atoms with Crippen LogP contribution in [0.5, 0.6) is 11.5 Å². The summed E-state index contributed by atoms with van der Waals surface area (Å²) in [7, 11) is 0. The SMILES string of the molecule is CCCCOc1ccccc1NCCOc1cc(C)ccc1C. The number of hydrogen-bond acceptors (Lipinski definition) is 3. The quantitative estimate of drug-likeness (QED) is 0.663. The molecule has 0 amide bonds. The van der Waals surface area contributed by atoms with Crippen LogP contribution in [0.25, 0.3) is 0 Å². The number of para-hydroxylation sites is 2. The minimum absolute atomic E-state index is 0.619. The first-order valence-electron chi connectivity index (χ1n) is 8.36. The van der Waals surface area contributed by atoms with Crippen LogP contribution in [0.15, 0.2) is 42.5 Å². The van der Waals surface area contributed by atoms with E-state index in [0.29, 0.717) is 6.61 Å². The molecule has 0 bridgehead atoms. The lowest BCUT2D eigenvalue weighted by Gasteiger charge is -2.14. The van der Waals surface area contributed by atoms with Crippen molar-refractivity contribution in [1.82, 2.24) is 0 Å². The van der Waals surface area contributed by atoms with Gasteiger partial charge in [0.1, 0.15) is 18.1 Å². The van der Waals surface area contributed by atoms with Gasteiger partial charge in [0.2, 0.25) is 0 Å². The van der Waals surface area contributed by atoms with Crippen molar-refractivity contribution in [1.29, 1.82) is 0 Å². The molecule has 3 nitrogen and oxygen atoms in total. The maximum absolute atomic E-state index is 5.87. The fraction of sp³-hybridized carbons (Fsp3) is 0.400. The molecule has 3 heteroatoms. The van der Waals surface area contributed by atoms with Gasteiger partial charge in [-0.3, -0.25) is 0 Å². The lowest BCUT2D eigenvalue weighted by atomic mass is 10.1. The monoisotopic (exact) mass is 313 g/mol. The zero-order valence-corrected chi connectivity index (χ0v) is 14.4. The summed E-state index contributed by atoms with van der Waals surface area (Å²) in [4.78, 5) is 0. The van der Waals surface area contributed by atoms with Gasteiger partial charge in [-0.2, -0.15) is 0 Å². The first-order valence-corrected chi connectivity index (χ1v) is 8.36. The molecule has 0 saturated heterocycles. The minimum Gasteiger partial charge on any atom is -0.491 e. The van der Waals surface area contributed by atoms with Crippen molar-refractivity contribution in [3.63, 3.8) is 0 Å². The van der Waals surface area contributed by atoms with E-state index in [1.807, 2.05) is 24.3 Å². The van der Waals surface area contributed by atoms with E-state index in [1.54, 1.807) is 0 Å². The molecule has 0 heterocycles. The van der Waals surface area contributed by atoms with Crippen molar-refractivity contribution in [2.24, 2.45) is 0 Å². The molecule has 0 unspecified atom stereocenters. The molecule has 0 fully saturated rings. The Morgan fingerprint density at radius 2 is 1.70 bits per heavy atom. The third-order valence-corrected chi connectivity index (χ3v) is 3.66. The Morgan fingerprint density at radius 1 is 0.913 bits per heavy atom. The summed E-state index contributed by atoms with van der Waals surface area (Å²) in [6.45, 7) is 8.43. The third-order valence-electron chi connectivity index (χ3n) is 3.66. The Kier molecular flexibility index (Phi) is 6.79. The Hall–Kier alpha value is -2.16. The first kappa shape index (κ1) is 17.2. The van der Waals surface area contributed by atoms with Crippen LogP contribution in [0.2, 0.25) is 0 Å². The number of nitrogens with one attached hydrogen (secondary N) is 1. The number of anilines is 1. The van der Waals surface area contributed by atoms with Crippen molar-refractivity contribution in [2.75, 3.05) is 25.1 Å². The van der Waals surface area contributed by atoms with E-state index >= 15 is 0 Å². The zero-order chi connectivity index (χ0) is 16.5. The molecule has 2 rings (SSSR count). The Bertz CT molecular complexity index is 610. The summed E-state index contributed by atoms with van der Waals surface area (Å²) in [5.74, 6) is 1.87. The predicted octanol–water partition coefficient (Wildman–Crippen LogP) is 4.97. The van der Waals surface area contributed by atoms with Gasteiger partial charge in [-0.1, -0.05) is 37.6 Å². The summed E-state index contributed by atoms with van der Waals surface area (Å²) in [5.41, 5.74) is 3.40. The van der Waals surface area contributed by atoms with Crippen LogP contribution in [0.4, 0.5) is 5.69 Å². The standard InChI is InChI=1S/C20H27NO2/c1-4-5-13-22-19-9-7-6-8-18(19)21-12-14-23-20-15-16(2)10-11-17(20)3/h6-11,15,21H,4-5,12-14H2,1-3H3. The van der Waals surface area contributed by atoms with Crippen molar-refractivity contribution >= 4 is 5.69 Å². The van der Waals surface area contributed by atoms with E-state index in [0.717, 1.165) is 43.2 Å². The van der Waals surface area contributed by atoms with Crippen LogP contribution >= 0.6 is 0 Å². The fourth-order valence-corrected chi connectivity index (χ4v) is 2.27. The highest BCUT2D eigenvalue weighted by atomic mass is 16.5. The summed E-state index contributed by atoms with van der Waals surface area (Å²) in [6, 6.07) is 14.3. The molecule has 0 aliphatic rings. The maximum Gasteiger partial charge on any atom is 0.142 e. The summed E-state index contributed by atoms with van der Waals surface area (Å²) in [6.07, 6.45) is 2.21. The summed E-state index contributed by atoms with van der Waals surface area (Å²) < 4.78 is 11.7. The average molecular weight is 313 g/mol. The number of ether oxygens (including phenoxy) is 2. The zero-order valence-electron chi connectivity index (χ0n) is 14.4. The van der Waals surface area contributed by atoms with E-state index < -0.39 is 0 Å². The van der Waals surface area contributed by atoms with E-state index in [1.165, 1.54) is 11.1 Å². The van der Waals surface area contributed by atoms with Crippen molar-refractivity contribution < 1.29 is 9.47 Å². The van der Waals surface area contributed by atoms with Crippen molar-refractivity contribution in [3.8, 4) is 11.5 Å². The summed E-state index contributed by atoms with van der Waals surface area (Å²) in [5, 5.41) is 3.39. The molecular formula is C20H27NO2. The predicted molar refractivity (Wildman–Crippen MR) is 96.7 cm³/mol. The van der Waals surface area contributed by atoms with Crippen molar-refractivity contribution in [3.05, 3.63) is 53.6 Å². The smallest absolute Gasteiger partial charge is 0.142 e. The van der Waals surface area contributed by atoms with Crippen LogP contribution < -0.4 is 14.8 Å². The Labute approximate surface area is 139 Å². The Morgan fingerprint density at radius 3 is 2.52 bits per heavy atom. The maximum atomic E-state index is 5.87. The largest absolute Gasteiger partial charge is 0.491 e. The van der Waals surface area contributed by atoms with Gasteiger partial charge < -0.3 is 14.8 Å². The summed E-state index contributed by atoms with van der Waals surface area (Å²) >= 11 is 0. The molecule has 0 saturated carbocycles. The molecule has 2 aromatic carbocycles. The van der Waals surface area contributed by atoms with Crippen LogP contribution in [-0.2, 0) is 0 Å². The number of aryl methyl sites for hydroxylation is 2. The van der Waals surface area contributed by atoms with Crippen molar-refractivity contribution in [2.45, 2.75) is 33.6 Å². The molecule has 0 aliphatic heterocycles. The van der Waals surface area contributed by atoms with Gasteiger partial charge in [-0.15, -0.1) is 0 Å². The molecule has 0 aromatic heterocycles. The van der Waals surface area contributed by atoms with Crippen LogP contribution in [0.3, 0.4) is 0 Å². The normalized spacial score (nSPS) is 10.4. The lowest BCUT2D eigenvalue weighted by Crippen LogP contribution is -2.13. The first-order chi connectivity index (χ1) is 11.2. The Balaban J connectivity index is 1.83. The van der Waals surface area contributed by atoms with Gasteiger partial charge in [0.25, 0.3) is 0 Å². The van der Waals surface area contributed by atoms with Gasteiger partial charge in [0.05, 0.1) is 12.3 Å². The van der Waals surface area contributed by atoms with E-state index in [9.17, 15) is 0 Å². The van der Waals surface area contributed by atoms with Crippen LogP contribution in [-0.4, -0.2) is 19.8 Å². The van der Waals surface area contributed by atoms with E-state index in [4.69, 9.17) is 9.47 Å². The third kappa shape index (κ3) is 5.51. The second-order valence-electron chi connectivity index (χ2n) is 5.74. The molecule has 0 spiro atoms. The average Bonchev–Trinajstić information content (AvgIpc) is 2.56. The van der Waals surface area contributed by atoms with Gasteiger partial charge in [0, 0.05) is 6.54 Å². The van der Waals surface area contributed by atoms with Gasteiger partial charge in [-0.05, 0) is 49.6 Å². The molecule has 23 heavy (non-hydrogen) atoms. The van der Waals surface area contributed by atoms with Crippen LogP contribution in [0, 0.1) is 13.8 Å². The van der Waals surface area contributed by atoms with Gasteiger partial charge >= 0.3 is 0 Å². The molecule has 2 aromatic rings. The highest BCUT2D eigenvalue weighted by molar-refractivity contribution is 5.56. The van der Waals surface area contributed by atoms with E-state index in [2.05, 4.69) is 44.3 Å². The number of rotatable bonds is 9. The second kappa shape index (κ2) is 9.09. The molecule has 0 aliphatic carbocycles. The van der Waals surface area contributed by atoms with Gasteiger partial charge in [-0.25, -0.2) is 0 Å². The molecule has 1 N–H and O–H groups in total. The number of benzene rings is 2.